The minimum absolute atomic E-state index is 0.161. The predicted molar refractivity (Wildman–Crippen MR) is 73.6 cm³/mol. The number of nitrogens with one attached hydrogen (secondary N) is 1. The van der Waals surface area contributed by atoms with Gasteiger partial charge in [0.05, 0.1) is 5.56 Å². The second-order valence-corrected chi connectivity index (χ2v) is 7.08. The van der Waals surface area contributed by atoms with E-state index in [1.54, 1.807) is 11.8 Å². The highest BCUT2D eigenvalue weighted by molar-refractivity contribution is 8.00. The van der Waals surface area contributed by atoms with E-state index in [2.05, 4.69) is 10.9 Å². The smallest absolute Gasteiger partial charge is 0.254 e. The van der Waals surface area contributed by atoms with Gasteiger partial charge in [0.25, 0.3) is 5.56 Å². The highest BCUT2D eigenvalue weighted by Crippen LogP contribution is 2.47. The van der Waals surface area contributed by atoms with E-state index < -0.39 is 5.67 Å². The van der Waals surface area contributed by atoms with Gasteiger partial charge < -0.3 is 4.98 Å². The lowest BCUT2D eigenvalue weighted by Gasteiger charge is -2.39. The van der Waals surface area contributed by atoms with Crippen LogP contribution in [0.5, 0.6) is 0 Å². The molecule has 0 bridgehead atoms. The molecule has 0 amide bonds. The van der Waals surface area contributed by atoms with Crippen molar-refractivity contribution in [1.82, 2.24) is 4.98 Å². The molecule has 2 heterocycles. The Bertz CT molecular complexity index is 558. The maximum Gasteiger partial charge on any atom is 0.254 e. The maximum atomic E-state index is 15.1. The molecule has 1 aliphatic heterocycles. The van der Waals surface area contributed by atoms with Gasteiger partial charge in [-0.1, -0.05) is 19.8 Å². The highest BCUT2D eigenvalue weighted by atomic mass is 32.2. The first-order chi connectivity index (χ1) is 8.36. The molecular formula is C14H16FNOS. The number of hydrogen-bond donors (Lipinski definition) is 1. The van der Waals surface area contributed by atoms with Crippen molar-refractivity contribution in [2.45, 2.75) is 37.1 Å². The molecule has 1 aromatic heterocycles. The summed E-state index contributed by atoms with van der Waals surface area (Å²) in [4.78, 5) is 14.4. The summed E-state index contributed by atoms with van der Waals surface area (Å²) in [5.41, 5.74) is -1.27. The summed E-state index contributed by atoms with van der Waals surface area (Å²) < 4.78 is 14.9. The Morgan fingerprint density at radius 3 is 2.89 bits per heavy atom. The zero-order valence-corrected chi connectivity index (χ0v) is 11.4. The molecule has 0 saturated carbocycles. The van der Waals surface area contributed by atoms with Gasteiger partial charge in [-0.05, 0) is 18.2 Å². The van der Waals surface area contributed by atoms with Crippen LogP contribution in [0.15, 0.2) is 17.1 Å². The van der Waals surface area contributed by atoms with Crippen molar-refractivity contribution in [2.75, 3.05) is 5.75 Å². The summed E-state index contributed by atoms with van der Waals surface area (Å²) >= 11 is 1.74. The van der Waals surface area contributed by atoms with E-state index in [0.717, 1.165) is 0 Å². The van der Waals surface area contributed by atoms with Gasteiger partial charge in [0.1, 0.15) is 5.67 Å². The topological polar surface area (TPSA) is 32.9 Å². The molecule has 1 N–H and O–H groups in total. The monoisotopic (exact) mass is 265 g/mol. The number of H-pyrrole nitrogens is 1. The van der Waals surface area contributed by atoms with Gasteiger partial charge in [0, 0.05) is 22.9 Å². The molecule has 0 spiro atoms. The molecule has 0 aromatic carbocycles. The van der Waals surface area contributed by atoms with E-state index in [9.17, 15) is 4.79 Å². The Kier molecular flexibility index (Phi) is 3.29. The molecule has 2 rings (SSSR count). The van der Waals surface area contributed by atoms with Gasteiger partial charge >= 0.3 is 0 Å². The summed E-state index contributed by atoms with van der Waals surface area (Å²) in [6, 6.07) is 1.50. The average molecular weight is 265 g/mol. The predicted octanol–water partition coefficient (Wildman–Crippen LogP) is 2.83. The molecule has 96 valence electrons. The van der Waals surface area contributed by atoms with Crippen molar-refractivity contribution in [3.05, 3.63) is 33.7 Å². The number of halogens is 1. The summed E-state index contributed by atoms with van der Waals surface area (Å²) in [5.74, 6) is 3.14. The van der Waals surface area contributed by atoms with Crippen molar-refractivity contribution < 1.29 is 4.39 Å². The molecule has 0 radical (unpaired) electrons. The standard InChI is InChI=1S/C14H16FNOS/c1-4-10-7-11(12(17)16-8-10)14(15)5-6-18-13(2,3)9-14/h1,7-8H,5-6,9H2,2-3H3,(H,16,17)/t14-/m0/s1. The van der Waals surface area contributed by atoms with Gasteiger partial charge in [-0.15, -0.1) is 6.42 Å². The van der Waals surface area contributed by atoms with Crippen molar-refractivity contribution in [1.29, 1.82) is 0 Å². The van der Waals surface area contributed by atoms with E-state index >= 15 is 4.39 Å². The molecule has 4 heteroatoms. The first kappa shape index (κ1) is 13.2. The fraction of sp³-hybridized carbons (Fsp3) is 0.500. The fourth-order valence-electron chi connectivity index (χ4n) is 2.43. The number of thioether (sulfide) groups is 1. The number of aromatic amines is 1. The summed E-state index contributed by atoms with van der Waals surface area (Å²) in [6.07, 6.45) is 7.43. The molecule has 1 atom stereocenters. The van der Waals surface area contributed by atoms with Gasteiger partial charge in [-0.2, -0.15) is 11.8 Å². The summed E-state index contributed by atoms with van der Waals surface area (Å²) in [7, 11) is 0. The number of hydrogen-bond acceptors (Lipinski definition) is 2. The van der Waals surface area contributed by atoms with Crippen molar-refractivity contribution in [2.24, 2.45) is 0 Å². The van der Waals surface area contributed by atoms with E-state index in [-0.39, 0.29) is 15.9 Å². The average Bonchev–Trinajstić information content (AvgIpc) is 2.27. The molecule has 1 saturated heterocycles. The molecule has 0 aliphatic carbocycles. The van der Waals surface area contributed by atoms with Crippen LogP contribution in [0.2, 0.25) is 0 Å². The van der Waals surface area contributed by atoms with Crippen LogP contribution in [0, 0.1) is 12.3 Å². The fourth-order valence-corrected chi connectivity index (χ4v) is 3.74. The van der Waals surface area contributed by atoms with E-state index in [4.69, 9.17) is 6.42 Å². The largest absolute Gasteiger partial charge is 0.328 e. The second-order valence-electron chi connectivity index (χ2n) is 5.28. The Hall–Kier alpha value is -1.21. The maximum absolute atomic E-state index is 15.1. The first-order valence-electron chi connectivity index (χ1n) is 5.89. The van der Waals surface area contributed by atoms with Crippen LogP contribution >= 0.6 is 11.8 Å². The van der Waals surface area contributed by atoms with Crippen LogP contribution in [0.1, 0.15) is 37.8 Å². The lowest BCUT2D eigenvalue weighted by atomic mass is 9.84. The van der Waals surface area contributed by atoms with Crippen LogP contribution in [-0.2, 0) is 5.67 Å². The second kappa shape index (κ2) is 4.47. The van der Waals surface area contributed by atoms with Gasteiger partial charge in [0.15, 0.2) is 0 Å². The van der Waals surface area contributed by atoms with Crippen LogP contribution in [0.4, 0.5) is 4.39 Å². The van der Waals surface area contributed by atoms with Crippen LogP contribution in [0.25, 0.3) is 0 Å². The van der Waals surface area contributed by atoms with Gasteiger partial charge in [-0.25, -0.2) is 4.39 Å². The van der Waals surface area contributed by atoms with Crippen LogP contribution in [0.3, 0.4) is 0 Å². The minimum Gasteiger partial charge on any atom is -0.328 e. The van der Waals surface area contributed by atoms with Crippen molar-refractivity contribution in [3.63, 3.8) is 0 Å². The molecule has 1 fully saturated rings. The SMILES string of the molecule is C#Cc1c[nH]c(=O)c([C@]2(F)CCSC(C)(C)C2)c1. The third-order valence-corrected chi connectivity index (χ3v) is 4.58. The quantitative estimate of drug-likeness (QED) is 0.792. The minimum atomic E-state index is -1.57. The third kappa shape index (κ3) is 2.46. The number of alkyl halides is 1. The molecule has 1 aliphatic rings. The Morgan fingerprint density at radius 1 is 1.56 bits per heavy atom. The van der Waals surface area contributed by atoms with E-state index in [1.165, 1.54) is 12.3 Å². The van der Waals surface area contributed by atoms with Crippen LogP contribution in [-0.4, -0.2) is 15.5 Å². The third-order valence-electron chi connectivity index (χ3n) is 3.25. The zero-order chi connectivity index (χ0) is 13.4. The number of aromatic nitrogens is 1. The van der Waals surface area contributed by atoms with Crippen molar-refractivity contribution >= 4 is 11.8 Å². The highest BCUT2D eigenvalue weighted by Gasteiger charge is 2.43. The van der Waals surface area contributed by atoms with Crippen molar-refractivity contribution in [3.8, 4) is 12.3 Å². The normalized spacial score (nSPS) is 26.6. The van der Waals surface area contributed by atoms with Gasteiger partial charge in [-0.3, -0.25) is 4.79 Å². The molecule has 0 unspecified atom stereocenters. The van der Waals surface area contributed by atoms with Crippen LogP contribution < -0.4 is 5.56 Å². The van der Waals surface area contributed by atoms with E-state index in [1.807, 2.05) is 13.8 Å². The molecular weight excluding hydrogens is 249 g/mol. The lowest BCUT2D eigenvalue weighted by molar-refractivity contribution is 0.125. The number of rotatable bonds is 1. The zero-order valence-electron chi connectivity index (χ0n) is 10.5. The lowest BCUT2D eigenvalue weighted by Crippen LogP contribution is -2.39. The molecule has 18 heavy (non-hydrogen) atoms. The number of terminal acetylenes is 1. The Balaban J connectivity index is 2.47. The summed E-state index contributed by atoms with van der Waals surface area (Å²) in [6.45, 7) is 4.01. The number of pyridine rings is 1. The Labute approximate surface area is 110 Å². The molecule has 1 aromatic rings. The first-order valence-corrected chi connectivity index (χ1v) is 6.88. The molecule has 2 nitrogen and oxygen atoms in total. The summed E-state index contributed by atoms with van der Waals surface area (Å²) in [5, 5.41) is 0. The Morgan fingerprint density at radius 2 is 2.28 bits per heavy atom. The van der Waals surface area contributed by atoms with E-state index in [0.29, 0.717) is 24.2 Å². The van der Waals surface area contributed by atoms with Gasteiger partial charge in [0.2, 0.25) is 0 Å².